The predicted molar refractivity (Wildman–Crippen MR) is 117 cm³/mol. The van der Waals surface area contributed by atoms with E-state index in [1.807, 2.05) is 0 Å². The Kier molecular flexibility index (Phi) is 6.90. The number of rotatable bonds is 6. The molecule has 0 spiro atoms. The van der Waals surface area contributed by atoms with Gasteiger partial charge in [-0.25, -0.2) is 4.79 Å². The molecule has 10 heteroatoms. The quantitative estimate of drug-likeness (QED) is 0.374. The van der Waals surface area contributed by atoms with E-state index < -0.39 is 4.92 Å². The van der Waals surface area contributed by atoms with Crippen LogP contribution in [-0.4, -0.2) is 73.2 Å². The molecule has 0 aliphatic carbocycles. The van der Waals surface area contributed by atoms with Crippen LogP contribution < -0.4 is 9.47 Å². The number of cyclic esters (lactones) is 1. The molecule has 0 unspecified atom stereocenters. The van der Waals surface area contributed by atoms with E-state index in [1.54, 1.807) is 9.80 Å². The Morgan fingerprint density at radius 3 is 2.44 bits per heavy atom. The number of nitrogens with zero attached hydrogens (tertiary/aromatic N) is 3. The summed E-state index contributed by atoms with van der Waals surface area (Å²) in [5.41, 5.74) is -0.0385. The zero-order valence-electron chi connectivity index (χ0n) is 18.8. The number of methoxy groups -OCH3 is 2. The van der Waals surface area contributed by atoms with Gasteiger partial charge in [-0.3, -0.25) is 14.9 Å². The molecule has 0 N–H and O–H groups in total. The highest BCUT2D eigenvalue weighted by molar-refractivity contribution is 5.92. The number of piperidine rings is 1. The summed E-state index contributed by atoms with van der Waals surface area (Å²) in [6, 6.07) is 2.77. The molecule has 2 amide bonds. The molecule has 32 heavy (non-hydrogen) atoms. The van der Waals surface area contributed by atoms with Gasteiger partial charge in [0.05, 0.1) is 37.4 Å². The van der Waals surface area contributed by atoms with Gasteiger partial charge in [0.15, 0.2) is 11.5 Å². The summed E-state index contributed by atoms with van der Waals surface area (Å²) >= 11 is 0. The molecular formula is C22H29N3O7. The van der Waals surface area contributed by atoms with Gasteiger partial charge >= 0.3 is 6.09 Å². The molecule has 3 rings (SSSR count). The van der Waals surface area contributed by atoms with E-state index in [9.17, 15) is 19.7 Å². The minimum Gasteiger partial charge on any atom is -0.493 e. The number of nitro benzene ring substituents is 1. The van der Waals surface area contributed by atoms with Crippen LogP contribution in [0.4, 0.5) is 10.5 Å². The first-order valence-electron chi connectivity index (χ1n) is 10.5. The van der Waals surface area contributed by atoms with E-state index in [1.165, 1.54) is 38.5 Å². The lowest BCUT2D eigenvalue weighted by molar-refractivity contribution is -0.385. The summed E-state index contributed by atoms with van der Waals surface area (Å²) in [4.78, 5) is 39.2. The lowest BCUT2D eigenvalue weighted by Crippen LogP contribution is -2.55. The van der Waals surface area contributed by atoms with Crippen molar-refractivity contribution in [1.29, 1.82) is 0 Å². The average molecular weight is 447 g/mol. The van der Waals surface area contributed by atoms with E-state index in [4.69, 9.17) is 14.2 Å². The van der Waals surface area contributed by atoms with Gasteiger partial charge in [-0.1, -0.05) is 13.8 Å². The molecule has 0 atom stereocenters. The van der Waals surface area contributed by atoms with Gasteiger partial charge in [-0.15, -0.1) is 0 Å². The molecule has 0 radical (unpaired) electrons. The van der Waals surface area contributed by atoms with Crippen molar-refractivity contribution in [2.24, 2.45) is 5.41 Å². The van der Waals surface area contributed by atoms with Crippen LogP contribution >= 0.6 is 0 Å². The lowest BCUT2D eigenvalue weighted by atomic mass is 9.91. The summed E-state index contributed by atoms with van der Waals surface area (Å²) in [5.74, 6) is 0.334. The highest BCUT2D eigenvalue weighted by Crippen LogP contribution is 2.35. The number of hydrogen-bond donors (Lipinski definition) is 0. The maximum atomic E-state index is 12.7. The Morgan fingerprint density at radius 2 is 1.84 bits per heavy atom. The SMILES string of the molecule is COc1cc(/C=C/C(=O)N2CCC(N3CC(C)(C)COC3=O)CC2)c([N+](=O)[O-])cc1OC. The largest absolute Gasteiger partial charge is 0.493 e. The fourth-order valence-corrected chi connectivity index (χ4v) is 4.03. The molecular weight excluding hydrogens is 418 g/mol. The predicted octanol–water partition coefficient (Wildman–Crippen LogP) is 3.09. The van der Waals surface area contributed by atoms with Crippen molar-refractivity contribution in [3.05, 3.63) is 33.9 Å². The van der Waals surface area contributed by atoms with Gasteiger partial charge < -0.3 is 24.0 Å². The van der Waals surface area contributed by atoms with Crippen molar-refractivity contribution in [2.45, 2.75) is 32.7 Å². The third kappa shape index (κ3) is 5.12. The van der Waals surface area contributed by atoms with Crippen molar-refractivity contribution >= 4 is 23.8 Å². The topological polar surface area (TPSA) is 111 Å². The molecule has 0 saturated carbocycles. The van der Waals surface area contributed by atoms with Gasteiger partial charge in [0.2, 0.25) is 5.91 Å². The second-order valence-electron chi connectivity index (χ2n) is 8.76. The van der Waals surface area contributed by atoms with Crippen LogP contribution in [0.15, 0.2) is 18.2 Å². The van der Waals surface area contributed by atoms with Crippen LogP contribution in [0.2, 0.25) is 0 Å². The fraction of sp³-hybridized carbons (Fsp3) is 0.545. The van der Waals surface area contributed by atoms with E-state index in [2.05, 4.69) is 13.8 Å². The number of carbonyl (C=O) groups is 2. The highest BCUT2D eigenvalue weighted by Gasteiger charge is 2.38. The Labute approximate surface area is 186 Å². The lowest BCUT2D eigenvalue weighted by Gasteiger charge is -2.44. The zero-order chi connectivity index (χ0) is 23.5. The molecule has 2 heterocycles. The standard InChI is InChI=1S/C22H29N3O7/c1-22(2)13-24(21(27)32-14-22)16-7-9-23(10-8-16)20(26)6-5-15-11-18(30-3)19(31-4)12-17(15)25(28)29/h5-6,11-12,16H,7-10,13-14H2,1-4H3/b6-5+. The second kappa shape index (κ2) is 9.46. The Balaban J connectivity index is 1.66. The van der Waals surface area contributed by atoms with Crippen LogP contribution in [0.3, 0.4) is 0 Å². The highest BCUT2D eigenvalue weighted by atomic mass is 16.6. The number of ether oxygens (including phenoxy) is 3. The van der Waals surface area contributed by atoms with Gasteiger partial charge in [0.1, 0.15) is 0 Å². The van der Waals surface area contributed by atoms with E-state index in [-0.39, 0.29) is 40.5 Å². The first-order valence-corrected chi connectivity index (χ1v) is 10.5. The van der Waals surface area contributed by atoms with Crippen molar-refractivity contribution in [1.82, 2.24) is 9.80 Å². The van der Waals surface area contributed by atoms with Crippen molar-refractivity contribution in [3.63, 3.8) is 0 Å². The smallest absolute Gasteiger partial charge is 0.410 e. The summed E-state index contributed by atoms with van der Waals surface area (Å²) in [6.45, 7) is 6.14. The Hall–Kier alpha value is -3.30. The summed E-state index contributed by atoms with van der Waals surface area (Å²) in [6.07, 6.45) is 3.75. The maximum absolute atomic E-state index is 12.7. The number of benzene rings is 1. The van der Waals surface area contributed by atoms with Crippen molar-refractivity contribution < 1.29 is 28.7 Å². The third-order valence-corrected chi connectivity index (χ3v) is 5.77. The molecule has 2 fully saturated rings. The van der Waals surface area contributed by atoms with Crippen molar-refractivity contribution in [2.75, 3.05) is 40.5 Å². The summed E-state index contributed by atoms with van der Waals surface area (Å²) in [7, 11) is 2.83. The molecule has 0 bridgehead atoms. The van der Waals surface area contributed by atoms with Crippen LogP contribution in [0.1, 0.15) is 32.3 Å². The van der Waals surface area contributed by atoms with Crippen LogP contribution in [0.25, 0.3) is 6.08 Å². The maximum Gasteiger partial charge on any atom is 0.410 e. The fourth-order valence-electron chi connectivity index (χ4n) is 4.03. The Bertz CT molecular complexity index is 920. The second-order valence-corrected chi connectivity index (χ2v) is 8.76. The first-order chi connectivity index (χ1) is 15.1. The zero-order valence-corrected chi connectivity index (χ0v) is 18.8. The van der Waals surface area contributed by atoms with Gasteiger partial charge in [0, 0.05) is 37.2 Å². The van der Waals surface area contributed by atoms with E-state index in [0.29, 0.717) is 44.8 Å². The number of nitro groups is 1. The third-order valence-electron chi connectivity index (χ3n) is 5.77. The molecule has 10 nitrogen and oxygen atoms in total. The average Bonchev–Trinajstić information content (AvgIpc) is 2.78. The number of carbonyl (C=O) groups excluding carboxylic acids is 2. The molecule has 174 valence electrons. The molecule has 0 aromatic heterocycles. The van der Waals surface area contributed by atoms with E-state index in [0.717, 1.165) is 0 Å². The van der Waals surface area contributed by atoms with Gasteiger partial charge in [-0.2, -0.15) is 0 Å². The van der Waals surface area contributed by atoms with E-state index >= 15 is 0 Å². The Morgan fingerprint density at radius 1 is 1.22 bits per heavy atom. The molecule has 1 aromatic rings. The molecule has 2 aliphatic heterocycles. The monoisotopic (exact) mass is 447 g/mol. The summed E-state index contributed by atoms with van der Waals surface area (Å²) in [5, 5.41) is 11.4. The molecule has 2 aliphatic rings. The van der Waals surface area contributed by atoms with Crippen LogP contribution in [0.5, 0.6) is 11.5 Å². The minimum atomic E-state index is -0.531. The molecule has 1 aromatic carbocycles. The van der Waals surface area contributed by atoms with Gasteiger partial charge in [0.25, 0.3) is 5.69 Å². The van der Waals surface area contributed by atoms with Crippen LogP contribution in [-0.2, 0) is 9.53 Å². The number of hydrogen-bond acceptors (Lipinski definition) is 7. The molecule has 2 saturated heterocycles. The first kappa shape index (κ1) is 23.4. The minimum absolute atomic E-state index is 0.0297. The number of amides is 2. The van der Waals surface area contributed by atoms with Crippen molar-refractivity contribution in [3.8, 4) is 11.5 Å². The van der Waals surface area contributed by atoms with Gasteiger partial charge in [-0.05, 0) is 25.0 Å². The normalized spacial score (nSPS) is 19.1. The summed E-state index contributed by atoms with van der Waals surface area (Å²) < 4.78 is 15.6. The number of likely N-dealkylation sites (tertiary alicyclic amines) is 1. The van der Waals surface area contributed by atoms with Crippen LogP contribution in [0, 0.1) is 15.5 Å².